The van der Waals surface area contributed by atoms with E-state index in [0.717, 1.165) is 0 Å². The first-order valence-corrected chi connectivity index (χ1v) is 6.79. The van der Waals surface area contributed by atoms with E-state index >= 15 is 0 Å². The fourth-order valence-corrected chi connectivity index (χ4v) is 1.67. The summed E-state index contributed by atoms with van der Waals surface area (Å²) >= 11 is 5.71. The summed E-state index contributed by atoms with van der Waals surface area (Å²) in [5.74, 6) is 0.323. The molecule has 1 aromatic heterocycles. The molecule has 1 N–H and O–H groups in total. The lowest BCUT2D eigenvalue weighted by Crippen LogP contribution is -2.40. The van der Waals surface area contributed by atoms with Crippen LogP contribution in [0, 0.1) is 0 Å². The van der Waals surface area contributed by atoms with Gasteiger partial charge in [0.25, 0.3) is 5.91 Å². The van der Waals surface area contributed by atoms with E-state index in [4.69, 9.17) is 16.3 Å². The van der Waals surface area contributed by atoms with Crippen LogP contribution in [0.3, 0.4) is 0 Å². The molecule has 0 radical (unpaired) electrons. The van der Waals surface area contributed by atoms with Gasteiger partial charge in [0.15, 0.2) is 0 Å². The van der Waals surface area contributed by atoms with Gasteiger partial charge < -0.3 is 10.1 Å². The van der Waals surface area contributed by atoms with Crippen molar-refractivity contribution in [2.75, 3.05) is 0 Å². The van der Waals surface area contributed by atoms with Gasteiger partial charge in [0.1, 0.15) is 5.75 Å². The lowest BCUT2D eigenvalue weighted by Gasteiger charge is -2.20. The van der Waals surface area contributed by atoms with Crippen molar-refractivity contribution in [1.29, 1.82) is 0 Å². The molecule has 0 saturated carbocycles. The van der Waals surface area contributed by atoms with E-state index in [2.05, 4.69) is 15.3 Å². The topological polar surface area (TPSA) is 64.1 Å². The molecule has 0 aliphatic carbocycles. The third-order valence-electron chi connectivity index (χ3n) is 2.39. The predicted molar refractivity (Wildman–Crippen MR) is 80.8 cm³/mol. The fourth-order valence-electron chi connectivity index (χ4n) is 1.57. The van der Waals surface area contributed by atoms with Crippen LogP contribution in [-0.2, 0) is 0 Å². The molecule has 0 saturated heterocycles. The van der Waals surface area contributed by atoms with Gasteiger partial charge in [-0.1, -0.05) is 17.7 Å². The second-order valence-corrected chi connectivity index (χ2v) is 5.95. The lowest BCUT2D eigenvalue weighted by molar-refractivity contribution is 0.0919. The molecule has 1 heterocycles. The van der Waals surface area contributed by atoms with Crippen LogP contribution in [-0.4, -0.2) is 21.4 Å². The number of benzene rings is 1. The highest BCUT2D eigenvalue weighted by Gasteiger charge is 2.15. The Hall–Kier alpha value is -2.14. The number of aromatic nitrogens is 2. The van der Waals surface area contributed by atoms with E-state index in [9.17, 15) is 4.79 Å². The van der Waals surface area contributed by atoms with Gasteiger partial charge in [-0.25, -0.2) is 9.97 Å². The van der Waals surface area contributed by atoms with Crippen LogP contribution in [0.25, 0.3) is 0 Å². The van der Waals surface area contributed by atoms with Gasteiger partial charge in [-0.15, -0.1) is 0 Å². The molecular formula is C15H16ClN3O2. The van der Waals surface area contributed by atoms with Crippen molar-refractivity contribution in [3.63, 3.8) is 0 Å². The molecule has 6 heteroatoms. The van der Waals surface area contributed by atoms with Gasteiger partial charge >= 0.3 is 6.01 Å². The molecule has 0 unspecified atom stereocenters. The minimum Gasteiger partial charge on any atom is -0.424 e. The van der Waals surface area contributed by atoms with E-state index in [1.165, 1.54) is 12.4 Å². The average molecular weight is 306 g/mol. The van der Waals surface area contributed by atoms with E-state index in [-0.39, 0.29) is 17.5 Å². The molecule has 1 amide bonds. The summed E-state index contributed by atoms with van der Waals surface area (Å²) in [5.41, 5.74) is 0.212. The fraction of sp³-hybridized carbons (Fsp3) is 0.267. The second-order valence-electron chi connectivity index (χ2n) is 5.52. The minimum absolute atomic E-state index is 0.162. The predicted octanol–water partition coefficient (Wildman–Crippen LogP) is 3.45. The number of ether oxygens (including phenoxy) is 1. The summed E-state index contributed by atoms with van der Waals surface area (Å²) in [7, 11) is 0. The Kier molecular flexibility index (Phi) is 4.43. The number of halogens is 1. The molecule has 2 aromatic rings. The van der Waals surface area contributed by atoms with Crippen molar-refractivity contribution in [3.05, 3.63) is 47.2 Å². The first-order chi connectivity index (χ1) is 9.83. The summed E-state index contributed by atoms with van der Waals surface area (Å²) in [6.07, 6.45) is 2.89. The van der Waals surface area contributed by atoms with Crippen molar-refractivity contribution in [3.8, 4) is 11.8 Å². The van der Waals surface area contributed by atoms with E-state index in [0.29, 0.717) is 16.3 Å². The quantitative estimate of drug-likeness (QED) is 0.943. The smallest absolute Gasteiger partial charge is 0.321 e. The van der Waals surface area contributed by atoms with E-state index < -0.39 is 0 Å². The van der Waals surface area contributed by atoms with Crippen molar-refractivity contribution >= 4 is 17.5 Å². The number of nitrogens with one attached hydrogen (secondary N) is 1. The zero-order chi connectivity index (χ0) is 15.5. The standard InChI is InChI=1S/C15H16ClN3O2/c1-15(2,3)19-13(20)10-5-4-6-12(7-10)21-14-17-8-11(16)9-18-14/h4-9H,1-3H3,(H,19,20). The number of rotatable bonds is 3. The lowest BCUT2D eigenvalue weighted by atomic mass is 10.1. The van der Waals surface area contributed by atoms with Gasteiger partial charge in [0.2, 0.25) is 0 Å². The van der Waals surface area contributed by atoms with Crippen LogP contribution in [0.15, 0.2) is 36.7 Å². The van der Waals surface area contributed by atoms with Crippen LogP contribution in [0.1, 0.15) is 31.1 Å². The molecule has 110 valence electrons. The van der Waals surface area contributed by atoms with Gasteiger partial charge in [-0.2, -0.15) is 0 Å². The largest absolute Gasteiger partial charge is 0.424 e. The Labute approximate surface area is 128 Å². The first kappa shape index (κ1) is 15.3. The van der Waals surface area contributed by atoms with Crippen LogP contribution in [0.2, 0.25) is 5.02 Å². The Morgan fingerprint density at radius 3 is 2.52 bits per heavy atom. The third-order valence-corrected chi connectivity index (χ3v) is 2.59. The Morgan fingerprint density at radius 2 is 1.90 bits per heavy atom. The van der Waals surface area contributed by atoms with Gasteiger partial charge in [-0.3, -0.25) is 4.79 Å². The molecule has 0 spiro atoms. The van der Waals surface area contributed by atoms with Gasteiger partial charge in [0.05, 0.1) is 17.4 Å². The summed E-state index contributed by atoms with van der Waals surface area (Å²) in [6, 6.07) is 7.00. The Balaban J connectivity index is 2.14. The molecule has 1 aromatic carbocycles. The molecule has 0 bridgehead atoms. The maximum atomic E-state index is 12.1. The highest BCUT2D eigenvalue weighted by molar-refractivity contribution is 6.30. The SMILES string of the molecule is CC(C)(C)NC(=O)c1cccc(Oc2ncc(Cl)cn2)c1. The minimum atomic E-state index is -0.298. The van der Waals surface area contributed by atoms with Crippen LogP contribution < -0.4 is 10.1 Å². The van der Waals surface area contributed by atoms with Crippen molar-refractivity contribution in [1.82, 2.24) is 15.3 Å². The normalized spacial score (nSPS) is 11.0. The Bertz CT molecular complexity index is 636. The summed E-state index contributed by atoms with van der Waals surface area (Å²) < 4.78 is 5.49. The van der Waals surface area contributed by atoms with Crippen LogP contribution in [0.4, 0.5) is 0 Å². The highest BCUT2D eigenvalue weighted by Crippen LogP contribution is 2.20. The molecule has 0 fully saturated rings. The average Bonchev–Trinajstić information content (AvgIpc) is 2.40. The molecule has 5 nitrogen and oxygen atoms in total. The number of carbonyl (C=O) groups excluding carboxylic acids is 1. The molecule has 0 atom stereocenters. The van der Waals surface area contributed by atoms with Gasteiger partial charge in [-0.05, 0) is 39.0 Å². The highest BCUT2D eigenvalue weighted by atomic mass is 35.5. The monoisotopic (exact) mass is 305 g/mol. The van der Waals surface area contributed by atoms with Crippen molar-refractivity contribution in [2.24, 2.45) is 0 Å². The molecular weight excluding hydrogens is 290 g/mol. The van der Waals surface area contributed by atoms with Crippen LogP contribution in [0.5, 0.6) is 11.8 Å². The third kappa shape index (κ3) is 4.72. The number of hydrogen-bond donors (Lipinski definition) is 1. The number of carbonyl (C=O) groups is 1. The summed E-state index contributed by atoms with van der Waals surface area (Å²) in [6.45, 7) is 5.77. The molecule has 0 aliphatic rings. The summed E-state index contributed by atoms with van der Waals surface area (Å²) in [5, 5.41) is 3.32. The molecule has 0 aliphatic heterocycles. The van der Waals surface area contributed by atoms with Crippen molar-refractivity contribution in [2.45, 2.75) is 26.3 Å². The zero-order valence-electron chi connectivity index (χ0n) is 12.1. The van der Waals surface area contributed by atoms with E-state index in [1.54, 1.807) is 24.3 Å². The molecule has 21 heavy (non-hydrogen) atoms. The summed E-state index contributed by atoms with van der Waals surface area (Å²) in [4.78, 5) is 20.0. The number of hydrogen-bond acceptors (Lipinski definition) is 4. The molecule has 2 rings (SSSR count). The number of amides is 1. The zero-order valence-corrected chi connectivity index (χ0v) is 12.8. The first-order valence-electron chi connectivity index (χ1n) is 6.41. The van der Waals surface area contributed by atoms with Gasteiger partial charge in [0, 0.05) is 11.1 Å². The second kappa shape index (κ2) is 6.10. The Morgan fingerprint density at radius 1 is 1.24 bits per heavy atom. The maximum Gasteiger partial charge on any atom is 0.321 e. The number of nitrogens with zero attached hydrogens (tertiary/aromatic N) is 2. The van der Waals surface area contributed by atoms with Crippen LogP contribution >= 0.6 is 11.6 Å². The van der Waals surface area contributed by atoms with E-state index in [1.807, 2.05) is 20.8 Å². The maximum absolute atomic E-state index is 12.1. The van der Waals surface area contributed by atoms with Crippen molar-refractivity contribution < 1.29 is 9.53 Å².